The molecule has 37 heavy (non-hydrogen) atoms. The largest absolute Gasteiger partial charge is 0.351 e. The first-order chi connectivity index (χ1) is 17.7. The molecule has 1 aliphatic heterocycles. The van der Waals surface area contributed by atoms with Gasteiger partial charge in [-0.3, -0.25) is 9.78 Å². The fourth-order valence-electron chi connectivity index (χ4n) is 5.14. The van der Waals surface area contributed by atoms with Gasteiger partial charge in [-0.2, -0.15) is 0 Å². The van der Waals surface area contributed by atoms with Crippen LogP contribution in [0.5, 0.6) is 0 Å². The molecule has 0 bridgehead atoms. The predicted molar refractivity (Wildman–Crippen MR) is 154 cm³/mol. The summed E-state index contributed by atoms with van der Waals surface area (Å²) in [5.74, 6) is -0.108. The molecule has 2 aromatic carbocycles. The number of carbonyl (C=O) groups excluding carboxylic acids is 1. The Bertz CT molecular complexity index is 1480. The second kappa shape index (κ2) is 10.00. The van der Waals surface area contributed by atoms with Crippen molar-refractivity contribution in [3.63, 3.8) is 0 Å². The minimum atomic E-state index is -0.155. The van der Waals surface area contributed by atoms with Crippen LogP contribution in [0.15, 0.2) is 72.9 Å². The number of hydrogen-bond acceptors (Lipinski definition) is 3. The Hall–Kier alpha value is -3.68. The number of carbonyl (C=O) groups is 1. The molecular formula is C29H28ClN5OS. The molecule has 0 saturated carbocycles. The van der Waals surface area contributed by atoms with Crippen molar-refractivity contribution in [1.82, 2.24) is 14.9 Å². The number of rotatable bonds is 5. The zero-order valence-corrected chi connectivity index (χ0v) is 22.7. The van der Waals surface area contributed by atoms with E-state index in [2.05, 4.69) is 51.9 Å². The van der Waals surface area contributed by atoms with Crippen molar-refractivity contribution in [3.8, 4) is 5.69 Å². The minimum Gasteiger partial charge on any atom is -0.351 e. The monoisotopic (exact) mass is 529 g/mol. The molecule has 2 N–H and O–H groups in total. The standard InChI is InChI=1S/C29H28ClN5OS/c1-17-8-9-21(30)16-26(17)34-18(2)15-24(19(34)3)28-27(25-7-5-6-14-31-25)33-29(37)35(28)23-12-10-22(11-13-23)32-20(4)36/h5-16,27-28H,1-4H3,(H,32,36)(H,33,37). The molecule has 1 saturated heterocycles. The number of amides is 1. The first kappa shape index (κ1) is 25.0. The quantitative estimate of drug-likeness (QED) is 0.286. The van der Waals surface area contributed by atoms with Gasteiger partial charge in [0.2, 0.25) is 5.91 Å². The van der Waals surface area contributed by atoms with Crippen molar-refractivity contribution in [2.45, 2.75) is 39.8 Å². The van der Waals surface area contributed by atoms with Crippen molar-refractivity contribution in [2.24, 2.45) is 0 Å². The molecule has 188 valence electrons. The van der Waals surface area contributed by atoms with Gasteiger partial charge in [0.1, 0.15) is 0 Å². The van der Waals surface area contributed by atoms with E-state index in [1.807, 2.05) is 60.7 Å². The number of nitrogens with one attached hydrogen (secondary N) is 2. The third-order valence-corrected chi connectivity index (χ3v) is 7.31. The van der Waals surface area contributed by atoms with Crippen LogP contribution in [0, 0.1) is 20.8 Å². The van der Waals surface area contributed by atoms with Crippen LogP contribution >= 0.6 is 23.8 Å². The van der Waals surface area contributed by atoms with Gasteiger partial charge in [-0.1, -0.05) is 23.7 Å². The lowest BCUT2D eigenvalue weighted by atomic mass is 9.96. The molecule has 2 unspecified atom stereocenters. The van der Waals surface area contributed by atoms with Crippen LogP contribution in [-0.2, 0) is 4.79 Å². The topological polar surface area (TPSA) is 62.2 Å². The average molecular weight is 530 g/mol. The van der Waals surface area contributed by atoms with Gasteiger partial charge in [0.05, 0.1) is 17.8 Å². The fraction of sp³-hybridized carbons (Fsp3) is 0.207. The van der Waals surface area contributed by atoms with Crippen LogP contribution in [0.1, 0.15) is 47.2 Å². The zero-order valence-electron chi connectivity index (χ0n) is 21.1. The van der Waals surface area contributed by atoms with Gasteiger partial charge in [0, 0.05) is 46.6 Å². The molecule has 4 aromatic rings. The first-order valence-electron chi connectivity index (χ1n) is 12.1. The SMILES string of the molecule is CC(=O)Nc1ccc(N2C(=S)NC(c3ccccn3)C2c2cc(C)n(-c3cc(Cl)ccc3C)c2C)cc1. The molecule has 1 amide bonds. The van der Waals surface area contributed by atoms with E-state index in [-0.39, 0.29) is 18.0 Å². The maximum atomic E-state index is 11.5. The van der Waals surface area contributed by atoms with Gasteiger partial charge in [-0.15, -0.1) is 0 Å². The fourth-order valence-corrected chi connectivity index (χ4v) is 5.65. The summed E-state index contributed by atoms with van der Waals surface area (Å²) < 4.78 is 2.26. The molecule has 8 heteroatoms. The van der Waals surface area contributed by atoms with E-state index in [1.54, 1.807) is 6.20 Å². The summed E-state index contributed by atoms with van der Waals surface area (Å²) >= 11 is 12.3. The van der Waals surface area contributed by atoms with Crippen LogP contribution in [-0.4, -0.2) is 20.6 Å². The maximum Gasteiger partial charge on any atom is 0.221 e. The predicted octanol–water partition coefficient (Wildman–Crippen LogP) is 6.59. The number of thiocarbonyl (C=S) groups is 1. The van der Waals surface area contributed by atoms with Gasteiger partial charge < -0.3 is 20.1 Å². The molecule has 2 aromatic heterocycles. The molecule has 1 fully saturated rings. The van der Waals surface area contributed by atoms with E-state index in [1.165, 1.54) is 6.92 Å². The Kier molecular flexibility index (Phi) is 6.75. The highest BCUT2D eigenvalue weighted by molar-refractivity contribution is 7.80. The van der Waals surface area contributed by atoms with Crippen molar-refractivity contribution in [2.75, 3.05) is 10.2 Å². The molecule has 0 aliphatic carbocycles. The summed E-state index contributed by atoms with van der Waals surface area (Å²) in [6.07, 6.45) is 1.81. The summed E-state index contributed by atoms with van der Waals surface area (Å²) in [5.41, 5.74) is 8.14. The van der Waals surface area contributed by atoms with Gasteiger partial charge in [-0.05, 0) is 98.7 Å². The molecule has 0 spiro atoms. The lowest BCUT2D eigenvalue weighted by molar-refractivity contribution is -0.114. The van der Waals surface area contributed by atoms with Crippen molar-refractivity contribution in [1.29, 1.82) is 0 Å². The molecular weight excluding hydrogens is 502 g/mol. The Labute approximate surface area is 227 Å². The van der Waals surface area contributed by atoms with E-state index in [0.29, 0.717) is 10.1 Å². The van der Waals surface area contributed by atoms with Gasteiger partial charge in [-0.25, -0.2) is 0 Å². The van der Waals surface area contributed by atoms with Crippen LogP contribution in [0.3, 0.4) is 0 Å². The first-order valence-corrected chi connectivity index (χ1v) is 12.9. The molecule has 1 aliphatic rings. The third kappa shape index (κ3) is 4.72. The number of benzene rings is 2. The second-order valence-electron chi connectivity index (χ2n) is 9.32. The summed E-state index contributed by atoms with van der Waals surface area (Å²) in [5, 5.41) is 7.68. The Morgan fingerprint density at radius 1 is 1.05 bits per heavy atom. The van der Waals surface area contributed by atoms with E-state index in [4.69, 9.17) is 23.8 Å². The number of aromatic nitrogens is 2. The lowest BCUT2D eigenvalue weighted by Gasteiger charge is -2.28. The van der Waals surface area contributed by atoms with Crippen LogP contribution in [0.25, 0.3) is 5.69 Å². The summed E-state index contributed by atoms with van der Waals surface area (Å²) in [6.45, 7) is 7.84. The smallest absolute Gasteiger partial charge is 0.221 e. The molecule has 0 radical (unpaired) electrons. The van der Waals surface area contributed by atoms with E-state index in [9.17, 15) is 4.79 Å². The van der Waals surface area contributed by atoms with Gasteiger partial charge in [0.25, 0.3) is 0 Å². The Balaban J connectivity index is 1.65. The Morgan fingerprint density at radius 2 is 1.81 bits per heavy atom. The highest BCUT2D eigenvalue weighted by Crippen LogP contribution is 2.44. The van der Waals surface area contributed by atoms with Crippen LogP contribution in [0.2, 0.25) is 5.02 Å². The normalized spacial score (nSPS) is 17.1. The van der Waals surface area contributed by atoms with Crippen molar-refractivity contribution < 1.29 is 4.79 Å². The minimum absolute atomic E-state index is 0.108. The third-order valence-electron chi connectivity index (χ3n) is 6.76. The van der Waals surface area contributed by atoms with Crippen molar-refractivity contribution >= 4 is 46.2 Å². The number of nitrogens with zero attached hydrogens (tertiary/aromatic N) is 3. The van der Waals surface area contributed by atoms with E-state index < -0.39 is 0 Å². The number of pyridine rings is 1. The number of halogens is 1. The highest BCUT2D eigenvalue weighted by atomic mass is 35.5. The van der Waals surface area contributed by atoms with Crippen molar-refractivity contribution in [3.05, 3.63) is 106 Å². The Morgan fingerprint density at radius 3 is 2.49 bits per heavy atom. The zero-order chi connectivity index (χ0) is 26.3. The molecule has 3 heterocycles. The van der Waals surface area contributed by atoms with E-state index >= 15 is 0 Å². The summed E-state index contributed by atoms with van der Waals surface area (Å²) in [6, 6.07) is 21.6. The maximum absolute atomic E-state index is 11.5. The summed E-state index contributed by atoms with van der Waals surface area (Å²) in [4.78, 5) is 18.3. The van der Waals surface area contributed by atoms with Gasteiger partial charge in [0.15, 0.2) is 5.11 Å². The van der Waals surface area contributed by atoms with Crippen LogP contribution in [0.4, 0.5) is 11.4 Å². The molecule has 2 atom stereocenters. The second-order valence-corrected chi connectivity index (χ2v) is 10.1. The molecule has 6 nitrogen and oxygen atoms in total. The molecule has 5 rings (SSSR count). The van der Waals surface area contributed by atoms with E-state index in [0.717, 1.165) is 45.3 Å². The van der Waals surface area contributed by atoms with Gasteiger partial charge >= 0.3 is 0 Å². The number of hydrogen-bond donors (Lipinski definition) is 2. The van der Waals surface area contributed by atoms with Crippen LogP contribution < -0.4 is 15.5 Å². The average Bonchev–Trinajstić information content (AvgIpc) is 3.36. The lowest BCUT2D eigenvalue weighted by Crippen LogP contribution is -2.29. The summed E-state index contributed by atoms with van der Waals surface area (Å²) in [7, 11) is 0. The number of anilines is 2. The highest BCUT2D eigenvalue weighted by Gasteiger charge is 2.42. The number of aryl methyl sites for hydroxylation is 2.